The largest absolute Gasteiger partial charge is 0.487 e. The third-order valence-corrected chi connectivity index (χ3v) is 4.89. The fraction of sp³-hybridized carbons (Fsp3) is 0.167. The van der Waals surface area contributed by atoms with Gasteiger partial charge in [0, 0.05) is 10.1 Å². The molecule has 142 valence electrons. The molecule has 0 bridgehead atoms. The van der Waals surface area contributed by atoms with Gasteiger partial charge >= 0.3 is 12.1 Å². The summed E-state index contributed by atoms with van der Waals surface area (Å²) in [5.74, 6) is -1.40. The van der Waals surface area contributed by atoms with Crippen LogP contribution in [0.5, 0.6) is 5.75 Å². The lowest BCUT2D eigenvalue weighted by molar-refractivity contribution is -0.137. The third kappa shape index (κ3) is 4.02. The molecule has 0 spiro atoms. The zero-order valence-corrected chi connectivity index (χ0v) is 14.2. The molecule has 0 saturated heterocycles. The zero-order chi connectivity index (χ0) is 19.8. The summed E-state index contributed by atoms with van der Waals surface area (Å²) < 4.78 is 69.6. The Kier molecular flexibility index (Phi) is 5.05. The zero-order valence-electron chi connectivity index (χ0n) is 13.4. The van der Waals surface area contributed by atoms with Gasteiger partial charge in [-0.15, -0.1) is 11.3 Å². The first-order valence-electron chi connectivity index (χ1n) is 7.53. The lowest BCUT2D eigenvalue weighted by atomic mass is 10.1. The van der Waals surface area contributed by atoms with Gasteiger partial charge in [-0.3, -0.25) is 0 Å². The molecular weight excluding hydrogens is 391 g/mol. The number of benzene rings is 2. The second-order valence-corrected chi connectivity index (χ2v) is 6.71. The Morgan fingerprint density at radius 1 is 1.11 bits per heavy atom. The van der Waals surface area contributed by atoms with Gasteiger partial charge in [0.05, 0.1) is 10.4 Å². The number of carboxylic acids is 1. The van der Waals surface area contributed by atoms with E-state index in [0.29, 0.717) is 10.3 Å². The molecule has 1 N–H and O–H groups in total. The first-order chi connectivity index (χ1) is 12.7. The lowest BCUT2D eigenvalue weighted by Gasteiger charge is -2.12. The van der Waals surface area contributed by atoms with Gasteiger partial charge < -0.3 is 9.84 Å². The van der Waals surface area contributed by atoms with Crippen LogP contribution in [-0.4, -0.2) is 11.1 Å². The van der Waals surface area contributed by atoms with Gasteiger partial charge in [-0.2, -0.15) is 13.2 Å². The summed E-state index contributed by atoms with van der Waals surface area (Å²) in [6.07, 6.45) is -7.18. The highest BCUT2D eigenvalue weighted by molar-refractivity contribution is 7.19. The molecule has 1 heterocycles. The van der Waals surface area contributed by atoms with Crippen LogP contribution < -0.4 is 4.74 Å². The van der Waals surface area contributed by atoms with Crippen molar-refractivity contribution in [3.63, 3.8) is 0 Å². The molecule has 3 aromatic rings. The predicted molar refractivity (Wildman–Crippen MR) is 89.5 cm³/mol. The summed E-state index contributed by atoms with van der Waals surface area (Å²) in [6.45, 7) is -0.211. The first kappa shape index (κ1) is 19.1. The summed E-state index contributed by atoms with van der Waals surface area (Å²) in [5.41, 5.74) is -0.660. The van der Waals surface area contributed by atoms with Crippen LogP contribution in [-0.2, 0) is 12.8 Å². The highest BCUT2D eigenvalue weighted by atomic mass is 32.1. The molecular formula is C18H11F5O3S. The number of thiophene rings is 1. The van der Waals surface area contributed by atoms with Crippen molar-refractivity contribution in [1.29, 1.82) is 0 Å². The number of halogens is 5. The summed E-state index contributed by atoms with van der Waals surface area (Å²) in [4.78, 5) is 11.2. The molecule has 9 heteroatoms. The lowest BCUT2D eigenvalue weighted by Crippen LogP contribution is -2.06. The molecule has 0 aliphatic rings. The Labute approximate surface area is 153 Å². The van der Waals surface area contributed by atoms with E-state index in [-0.39, 0.29) is 28.2 Å². The second-order valence-electron chi connectivity index (χ2n) is 5.59. The Bertz CT molecular complexity index is 977. The minimum absolute atomic E-state index is 0.0944. The van der Waals surface area contributed by atoms with Crippen molar-refractivity contribution < 1.29 is 36.6 Å². The summed E-state index contributed by atoms with van der Waals surface area (Å²) in [6, 6.07) is 8.02. The number of ether oxygens (including phenoxy) is 1. The van der Waals surface area contributed by atoms with E-state index in [1.54, 1.807) is 0 Å². The first-order valence-corrected chi connectivity index (χ1v) is 8.35. The van der Waals surface area contributed by atoms with Crippen molar-refractivity contribution in [3.05, 3.63) is 64.0 Å². The van der Waals surface area contributed by atoms with Gasteiger partial charge in [0.25, 0.3) is 6.43 Å². The Balaban J connectivity index is 1.93. The number of fused-ring (bicyclic) bond motifs is 1. The standard InChI is InChI=1S/C18H11F5O3S/c19-16(20)14-7-12-13(27-14)6-5-11(17(24)25)15(12)26-8-9-1-3-10(4-2-9)18(21,22)23/h1-7,16H,8H2,(H,24,25). The van der Waals surface area contributed by atoms with Crippen molar-refractivity contribution in [2.75, 3.05) is 0 Å². The SMILES string of the molecule is O=C(O)c1ccc2sc(C(F)F)cc2c1OCc1ccc(C(F)(F)F)cc1. The molecule has 0 fully saturated rings. The number of carbonyl (C=O) groups is 1. The molecule has 0 aliphatic heterocycles. The van der Waals surface area contributed by atoms with E-state index in [1.807, 2.05) is 0 Å². The molecule has 0 aliphatic carbocycles. The molecule has 2 aromatic carbocycles. The van der Waals surface area contributed by atoms with Gasteiger partial charge in [0.15, 0.2) is 0 Å². The average Bonchev–Trinajstić information content (AvgIpc) is 3.03. The van der Waals surface area contributed by atoms with E-state index in [0.717, 1.165) is 23.5 Å². The number of hydrogen-bond acceptors (Lipinski definition) is 3. The molecule has 1 aromatic heterocycles. The van der Waals surface area contributed by atoms with Crippen LogP contribution in [0.2, 0.25) is 0 Å². The Morgan fingerprint density at radius 3 is 2.33 bits per heavy atom. The highest BCUT2D eigenvalue weighted by Gasteiger charge is 2.30. The van der Waals surface area contributed by atoms with Crippen LogP contribution in [0.3, 0.4) is 0 Å². The van der Waals surface area contributed by atoms with Crippen LogP contribution in [0.1, 0.15) is 32.8 Å². The van der Waals surface area contributed by atoms with Gasteiger partial charge in [0.1, 0.15) is 17.9 Å². The minimum Gasteiger partial charge on any atom is -0.487 e. The van der Waals surface area contributed by atoms with E-state index in [2.05, 4.69) is 0 Å². The highest BCUT2D eigenvalue weighted by Crippen LogP contribution is 2.39. The third-order valence-electron chi connectivity index (χ3n) is 3.78. The molecule has 27 heavy (non-hydrogen) atoms. The number of alkyl halides is 5. The van der Waals surface area contributed by atoms with Crippen molar-refractivity contribution in [2.45, 2.75) is 19.2 Å². The van der Waals surface area contributed by atoms with E-state index in [4.69, 9.17) is 4.74 Å². The van der Waals surface area contributed by atoms with Crippen LogP contribution in [0.15, 0.2) is 42.5 Å². The van der Waals surface area contributed by atoms with Gasteiger partial charge in [-0.1, -0.05) is 12.1 Å². The average molecular weight is 402 g/mol. The topological polar surface area (TPSA) is 46.5 Å². The van der Waals surface area contributed by atoms with Crippen LogP contribution in [0.4, 0.5) is 22.0 Å². The van der Waals surface area contributed by atoms with Crippen molar-refractivity contribution >= 4 is 27.4 Å². The fourth-order valence-electron chi connectivity index (χ4n) is 2.48. The van der Waals surface area contributed by atoms with Crippen molar-refractivity contribution in [2.24, 2.45) is 0 Å². The van der Waals surface area contributed by atoms with Crippen molar-refractivity contribution in [3.8, 4) is 5.75 Å². The maximum Gasteiger partial charge on any atom is 0.416 e. The number of hydrogen-bond donors (Lipinski definition) is 1. The predicted octanol–water partition coefficient (Wildman–Crippen LogP) is 6.13. The molecule has 3 rings (SSSR count). The normalized spacial score (nSPS) is 11.9. The number of rotatable bonds is 5. The Hall–Kier alpha value is -2.68. The fourth-order valence-corrected chi connectivity index (χ4v) is 3.40. The Morgan fingerprint density at radius 2 is 1.78 bits per heavy atom. The van der Waals surface area contributed by atoms with Crippen LogP contribution in [0.25, 0.3) is 10.1 Å². The molecule has 0 atom stereocenters. The summed E-state index contributed by atoms with van der Waals surface area (Å²) >= 11 is 0.818. The van der Waals surface area contributed by atoms with Gasteiger partial charge in [-0.25, -0.2) is 13.6 Å². The molecule has 0 saturated carbocycles. The smallest absolute Gasteiger partial charge is 0.416 e. The summed E-state index contributed by atoms with van der Waals surface area (Å²) in [5, 5.41) is 9.54. The van der Waals surface area contributed by atoms with Gasteiger partial charge in [0.2, 0.25) is 0 Å². The van der Waals surface area contributed by atoms with Gasteiger partial charge in [-0.05, 0) is 35.9 Å². The number of carboxylic acid groups (broad SMARTS) is 1. The van der Waals surface area contributed by atoms with E-state index in [1.165, 1.54) is 30.3 Å². The van der Waals surface area contributed by atoms with Crippen LogP contribution in [0, 0.1) is 0 Å². The van der Waals surface area contributed by atoms with Crippen molar-refractivity contribution in [1.82, 2.24) is 0 Å². The van der Waals surface area contributed by atoms with E-state index >= 15 is 0 Å². The maximum absolute atomic E-state index is 12.9. The maximum atomic E-state index is 12.9. The quantitative estimate of drug-likeness (QED) is 0.522. The molecule has 3 nitrogen and oxygen atoms in total. The molecule has 0 unspecified atom stereocenters. The van der Waals surface area contributed by atoms with Crippen LogP contribution >= 0.6 is 11.3 Å². The summed E-state index contributed by atoms with van der Waals surface area (Å²) in [7, 11) is 0. The monoisotopic (exact) mass is 402 g/mol. The number of aromatic carboxylic acids is 1. The molecule has 0 radical (unpaired) electrons. The van der Waals surface area contributed by atoms with E-state index < -0.39 is 24.1 Å². The second kappa shape index (κ2) is 7.15. The van der Waals surface area contributed by atoms with E-state index in [9.17, 15) is 31.9 Å². The molecule has 0 amide bonds. The minimum atomic E-state index is -4.47.